The van der Waals surface area contributed by atoms with E-state index in [-0.39, 0.29) is 0 Å². The molecule has 7 rings (SSSR count). The number of para-hydroxylation sites is 2. The van der Waals surface area contributed by atoms with Crippen LogP contribution in [0.25, 0.3) is 60.1 Å². The number of H-pyrrole nitrogens is 1. The van der Waals surface area contributed by atoms with E-state index in [0.717, 1.165) is 5.52 Å². The molecular weight excluding hydrogens is 378 g/mol. The van der Waals surface area contributed by atoms with Gasteiger partial charge in [-0.05, 0) is 37.3 Å². The van der Waals surface area contributed by atoms with Gasteiger partial charge in [0.25, 0.3) is 0 Å². The Labute approximate surface area is 178 Å². The van der Waals surface area contributed by atoms with E-state index in [0.29, 0.717) is 0 Å². The van der Waals surface area contributed by atoms with Gasteiger partial charge in [0.05, 0.1) is 16.6 Å². The summed E-state index contributed by atoms with van der Waals surface area (Å²) >= 11 is 0. The highest BCUT2D eigenvalue weighted by molar-refractivity contribution is 6.35. The number of hydrogen-bond donors (Lipinski definition) is 1. The molecule has 0 spiro atoms. The van der Waals surface area contributed by atoms with E-state index in [4.69, 9.17) is 0 Å². The number of rotatable bonds is 1. The summed E-state index contributed by atoms with van der Waals surface area (Å²) in [5.74, 6) is 0. The van der Waals surface area contributed by atoms with Crippen LogP contribution in [0, 0.1) is 6.92 Å². The number of pyridine rings is 1. The van der Waals surface area contributed by atoms with Crippen molar-refractivity contribution >= 4 is 54.4 Å². The van der Waals surface area contributed by atoms with Crippen LogP contribution in [0.2, 0.25) is 0 Å². The lowest BCUT2D eigenvalue weighted by atomic mass is 10.0. The maximum Gasteiger partial charge on any atom is 0.0641 e. The van der Waals surface area contributed by atoms with Gasteiger partial charge in [-0.15, -0.1) is 0 Å². The monoisotopic (exact) mass is 397 g/mol. The van der Waals surface area contributed by atoms with Crippen LogP contribution in [0.4, 0.5) is 0 Å². The van der Waals surface area contributed by atoms with E-state index < -0.39 is 0 Å². The number of aryl methyl sites for hydroxylation is 1. The van der Waals surface area contributed by atoms with Gasteiger partial charge in [0.1, 0.15) is 0 Å². The summed E-state index contributed by atoms with van der Waals surface area (Å²) in [7, 11) is 0. The number of fused-ring (bicyclic) bond motifs is 10. The first kappa shape index (κ1) is 16.7. The smallest absolute Gasteiger partial charge is 0.0641 e. The number of hydrogen-bond acceptors (Lipinski definition) is 1. The molecule has 0 radical (unpaired) electrons. The molecule has 0 aliphatic heterocycles. The van der Waals surface area contributed by atoms with E-state index in [9.17, 15) is 0 Å². The van der Waals surface area contributed by atoms with Crippen molar-refractivity contribution in [1.82, 2.24) is 14.5 Å². The maximum atomic E-state index is 4.50. The van der Waals surface area contributed by atoms with Gasteiger partial charge in [-0.1, -0.05) is 54.1 Å². The summed E-state index contributed by atoms with van der Waals surface area (Å²) in [6.45, 7) is 2.13. The number of aromatic amines is 1. The Hall–Kier alpha value is -4.11. The topological polar surface area (TPSA) is 33.6 Å². The molecular formula is C28H19N3. The van der Waals surface area contributed by atoms with Crippen LogP contribution in [0.15, 0.2) is 91.3 Å². The Morgan fingerprint density at radius 2 is 1.48 bits per heavy atom. The zero-order chi connectivity index (χ0) is 20.5. The van der Waals surface area contributed by atoms with E-state index in [1.54, 1.807) is 0 Å². The molecule has 3 nitrogen and oxygen atoms in total. The summed E-state index contributed by atoms with van der Waals surface area (Å²) < 4.78 is 2.40. The van der Waals surface area contributed by atoms with Crippen molar-refractivity contribution in [3.8, 4) is 5.69 Å². The molecule has 4 aromatic carbocycles. The molecule has 0 atom stereocenters. The zero-order valence-electron chi connectivity index (χ0n) is 17.1. The van der Waals surface area contributed by atoms with Gasteiger partial charge in [0.15, 0.2) is 0 Å². The Balaban J connectivity index is 1.85. The molecule has 3 aromatic heterocycles. The molecule has 31 heavy (non-hydrogen) atoms. The SMILES string of the molecule is Cc1ccc(-n2c3ccccc3c3c4[nH]c5ccccc5c4c4cnccc4c32)cc1. The quantitative estimate of drug-likeness (QED) is 0.310. The highest BCUT2D eigenvalue weighted by Crippen LogP contribution is 2.43. The van der Waals surface area contributed by atoms with Crippen LogP contribution in [0.3, 0.4) is 0 Å². The predicted octanol–water partition coefficient (Wildman–Crippen LogP) is 7.27. The molecule has 1 N–H and O–H groups in total. The van der Waals surface area contributed by atoms with Crippen LogP contribution >= 0.6 is 0 Å². The van der Waals surface area contributed by atoms with Crippen LogP contribution in [-0.2, 0) is 0 Å². The number of nitrogens with zero attached hydrogens (tertiary/aromatic N) is 2. The second-order valence-corrected chi connectivity index (χ2v) is 8.25. The minimum Gasteiger partial charge on any atom is -0.354 e. The third kappa shape index (κ3) is 2.15. The average molecular weight is 397 g/mol. The highest BCUT2D eigenvalue weighted by Gasteiger charge is 2.21. The second-order valence-electron chi connectivity index (χ2n) is 8.25. The molecule has 0 aliphatic carbocycles. The van der Waals surface area contributed by atoms with Crippen molar-refractivity contribution in [3.63, 3.8) is 0 Å². The third-order valence-electron chi connectivity index (χ3n) is 6.47. The van der Waals surface area contributed by atoms with Crippen LogP contribution in [0.5, 0.6) is 0 Å². The van der Waals surface area contributed by atoms with Gasteiger partial charge in [-0.2, -0.15) is 0 Å². The maximum absolute atomic E-state index is 4.50. The largest absolute Gasteiger partial charge is 0.354 e. The molecule has 0 saturated carbocycles. The highest BCUT2D eigenvalue weighted by atomic mass is 15.0. The van der Waals surface area contributed by atoms with Crippen LogP contribution in [-0.4, -0.2) is 14.5 Å². The average Bonchev–Trinajstić information content (AvgIpc) is 3.36. The van der Waals surface area contributed by atoms with E-state index >= 15 is 0 Å². The Morgan fingerprint density at radius 1 is 0.710 bits per heavy atom. The predicted molar refractivity (Wildman–Crippen MR) is 130 cm³/mol. The summed E-state index contributed by atoms with van der Waals surface area (Å²) in [5.41, 5.74) is 7.20. The summed E-state index contributed by atoms with van der Waals surface area (Å²) in [4.78, 5) is 8.24. The number of nitrogens with one attached hydrogen (secondary N) is 1. The molecule has 0 fully saturated rings. The van der Waals surface area contributed by atoms with Crippen molar-refractivity contribution in [1.29, 1.82) is 0 Å². The summed E-state index contributed by atoms with van der Waals surface area (Å²) in [6.07, 6.45) is 3.91. The molecule has 146 valence electrons. The standard InChI is InChI=1S/C28H19N3/c1-17-10-12-18(13-11-17)31-24-9-5-3-7-21(24)26-27-25(20-6-2-4-8-23(20)30-27)22-16-29-15-14-19(22)28(26)31/h2-16,30H,1H3. The molecule has 0 unspecified atom stereocenters. The Kier molecular flexibility index (Phi) is 3.20. The van der Waals surface area contributed by atoms with Gasteiger partial charge in [0, 0.05) is 55.9 Å². The Morgan fingerprint density at radius 3 is 2.35 bits per heavy atom. The lowest BCUT2D eigenvalue weighted by Gasteiger charge is -2.11. The molecule has 0 saturated heterocycles. The lowest BCUT2D eigenvalue weighted by Crippen LogP contribution is -1.95. The van der Waals surface area contributed by atoms with Crippen molar-refractivity contribution in [2.24, 2.45) is 0 Å². The van der Waals surface area contributed by atoms with E-state index in [1.807, 2.05) is 12.4 Å². The fourth-order valence-corrected chi connectivity index (χ4v) is 5.12. The molecule has 0 bridgehead atoms. The van der Waals surface area contributed by atoms with Gasteiger partial charge in [0.2, 0.25) is 0 Å². The fraction of sp³-hybridized carbons (Fsp3) is 0.0357. The van der Waals surface area contributed by atoms with Gasteiger partial charge in [-0.3, -0.25) is 4.98 Å². The van der Waals surface area contributed by atoms with Crippen LogP contribution in [0.1, 0.15) is 5.56 Å². The van der Waals surface area contributed by atoms with Crippen LogP contribution < -0.4 is 0 Å². The fourth-order valence-electron chi connectivity index (χ4n) is 5.12. The molecule has 3 heterocycles. The molecule has 0 aliphatic rings. The molecule has 3 heteroatoms. The lowest BCUT2D eigenvalue weighted by molar-refractivity contribution is 1.18. The first-order chi connectivity index (χ1) is 15.3. The van der Waals surface area contributed by atoms with Crippen molar-refractivity contribution in [2.75, 3.05) is 0 Å². The minimum atomic E-state index is 1.15. The van der Waals surface area contributed by atoms with Gasteiger partial charge in [-0.25, -0.2) is 0 Å². The van der Waals surface area contributed by atoms with Gasteiger partial charge < -0.3 is 9.55 Å². The number of aromatic nitrogens is 3. The summed E-state index contributed by atoms with van der Waals surface area (Å²) in [5, 5.41) is 7.41. The zero-order valence-corrected chi connectivity index (χ0v) is 17.1. The van der Waals surface area contributed by atoms with Crippen molar-refractivity contribution < 1.29 is 0 Å². The van der Waals surface area contributed by atoms with Crippen molar-refractivity contribution in [2.45, 2.75) is 6.92 Å². The third-order valence-corrected chi connectivity index (χ3v) is 6.47. The number of benzene rings is 4. The van der Waals surface area contributed by atoms with Gasteiger partial charge >= 0.3 is 0 Å². The molecule has 7 aromatic rings. The minimum absolute atomic E-state index is 1.15. The first-order valence-electron chi connectivity index (χ1n) is 10.6. The Bertz CT molecular complexity index is 1780. The first-order valence-corrected chi connectivity index (χ1v) is 10.6. The van der Waals surface area contributed by atoms with Crippen molar-refractivity contribution in [3.05, 3.63) is 96.8 Å². The van der Waals surface area contributed by atoms with E-state index in [2.05, 4.69) is 100 Å². The second kappa shape index (κ2) is 5.96. The summed E-state index contributed by atoms with van der Waals surface area (Å²) in [6, 6.07) is 28.2. The van der Waals surface area contributed by atoms with E-state index in [1.165, 1.54) is 60.1 Å². The normalized spacial score (nSPS) is 12.0. The molecule has 0 amide bonds.